The van der Waals surface area contributed by atoms with Crippen LogP contribution >= 0.6 is 0 Å². The van der Waals surface area contributed by atoms with Crippen molar-refractivity contribution in [2.45, 2.75) is 6.54 Å². The van der Waals surface area contributed by atoms with Crippen molar-refractivity contribution in [2.75, 3.05) is 12.4 Å². The number of benzene rings is 2. The van der Waals surface area contributed by atoms with Gasteiger partial charge in [0, 0.05) is 12.1 Å². The van der Waals surface area contributed by atoms with E-state index in [2.05, 4.69) is 20.3 Å². The highest BCUT2D eigenvalue weighted by Crippen LogP contribution is 2.28. The summed E-state index contributed by atoms with van der Waals surface area (Å²) in [5.41, 5.74) is 7.52. The van der Waals surface area contributed by atoms with Crippen molar-refractivity contribution in [1.82, 2.24) is 19.5 Å². The summed E-state index contributed by atoms with van der Waals surface area (Å²) in [6.45, 7) is 0.156. The third-order valence-corrected chi connectivity index (χ3v) is 4.56. The number of aromatic amines is 1. The number of nitrogens with zero attached hydrogens (tertiary/aromatic N) is 3. The number of phenolic OH excluding ortho intramolecular Hbond substituents is 1. The summed E-state index contributed by atoms with van der Waals surface area (Å²) in [5.74, 6) is 0.901. The van der Waals surface area contributed by atoms with Gasteiger partial charge in [-0.2, -0.15) is 0 Å². The second kappa shape index (κ2) is 7.68. The van der Waals surface area contributed by atoms with E-state index in [1.165, 1.54) is 23.8 Å². The minimum Gasteiger partial charge on any atom is -0.508 e. The van der Waals surface area contributed by atoms with Crippen molar-refractivity contribution < 1.29 is 14.6 Å². The van der Waals surface area contributed by atoms with Gasteiger partial charge < -0.3 is 25.9 Å². The smallest absolute Gasteiger partial charge is 0.332 e. The number of amides is 1. The molecule has 0 aliphatic heterocycles. The molecular weight excluding hydrogens is 388 g/mol. The summed E-state index contributed by atoms with van der Waals surface area (Å²) in [5, 5.41) is 12.2. The average Bonchev–Trinajstić information content (AvgIpc) is 3.09. The first-order chi connectivity index (χ1) is 14.5. The van der Waals surface area contributed by atoms with Gasteiger partial charge in [-0.3, -0.25) is 4.79 Å². The zero-order valence-electron chi connectivity index (χ0n) is 15.8. The lowest BCUT2D eigenvalue weighted by atomic mass is 10.1. The molecule has 0 saturated carbocycles. The molecule has 2 aromatic carbocycles. The molecule has 151 valence electrons. The first kappa shape index (κ1) is 19.2. The first-order valence-corrected chi connectivity index (χ1v) is 8.88. The maximum Gasteiger partial charge on any atom is 0.332 e. The van der Waals surface area contributed by atoms with Gasteiger partial charge in [0.2, 0.25) is 0 Å². The number of fused-ring (bicyclic) bond motifs is 1. The van der Waals surface area contributed by atoms with Crippen molar-refractivity contribution in [3.8, 4) is 28.6 Å². The molecule has 0 saturated heterocycles. The van der Waals surface area contributed by atoms with Crippen LogP contribution in [0.1, 0.15) is 5.56 Å². The third-order valence-electron chi connectivity index (χ3n) is 4.56. The quantitative estimate of drug-likeness (QED) is 0.355. The molecule has 0 aliphatic carbocycles. The molecule has 4 aromatic rings. The predicted molar refractivity (Wildman–Crippen MR) is 110 cm³/mol. The van der Waals surface area contributed by atoms with Crippen LogP contribution in [0.3, 0.4) is 0 Å². The molecule has 2 aromatic heterocycles. The minimum absolute atomic E-state index is 0.0275. The van der Waals surface area contributed by atoms with E-state index in [1.807, 2.05) is 0 Å². The molecule has 10 heteroatoms. The summed E-state index contributed by atoms with van der Waals surface area (Å²) in [7, 11) is 1.54. The van der Waals surface area contributed by atoms with Crippen LogP contribution in [0.15, 0.2) is 47.3 Å². The van der Waals surface area contributed by atoms with Gasteiger partial charge in [0.1, 0.15) is 17.0 Å². The Bertz CT molecular complexity index is 1310. The molecule has 5 N–H and O–H groups in total. The Morgan fingerprint density at radius 3 is 2.80 bits per heavy atom. The molecule has 10 nitrogen and oxygen atoms in total. The monoisotopic (exact) mass is 405 g/mol. The highest BCUT2D eigenvalue weighted by atomic mass is 16.5. The molecule has 0 bridgehead atoms. The Balaban J connectivity index is 2.03. The largest absolute Gasteiger partial charge is 0.508 e. The minimum atomic E-state index is -0.485. The molecule has 0 fully saturated rings. The van der Waals surface area contributed by atoms with Gasteiger partial charge in [-0.05, 0) is 35.9 Å². The normalized spacial score (nSPS) is 10.9. The summed E-state index contributed by atoms with van der Waals surface area (Å²) in [4.78, 5) is 35.3. The molecule has 0 spiro atoms. The van der Waals surface area contributed by atoms with E-state index in [-0.39, 0.29) is 35.1 Å². The standard InChI is InChI=1S/C20H17N6O4/c1-30-14-5-6-15(12(8-14)9-21)26-19-16(23-20(26)29)18(22-10-27)24-17(25-19)11-3-2-4-13(28)7-11/h2-8,28H,9,21H2,1H3,(H,23,29)(H,22,24,25,27). The Kier molecular flexibility index (Phi) is 4.90. The predicted octanol–water partition coefficient (Wildman–Crippen LogP) is 1.43. The fourth-order valence-corrected chi connectivity index (χ4v) is 3.19. The van der Waals surface area contributed by atoms with Crippen LogP contribution in [-0.2, 0) is 11.3 Å². The Morgan fingerprint density at radius 2 is 2.10 bits per heavy atom. The number of imidazole rings is 1. The van der Waals surface area contributed by atoms with Crippen molar-refractivity contribution in [2.24, 2.45) is 5.73 Å². The van der Waals surface area contributed by atoms with E-state index in [4.69, 9.17) is 10.5 Å². The molecule has 1 radical (unpaired) electrons. The van der Waals surface area contributed by atoms with Gasteiger partial charge in [-0.15, -0.1) is 0 Å². The number of carbonyl (C=O) groups excluding carboxylic acids is 1. The van der Waals surface area contributed by atoms with Crippen LogP contribution in [0, 0.1) is 0 Å². The molecule has 0 aliphatic rings. The van der Waals surface area contributed by atoms with Crippen LogP contribution in [0.25, 0.3) is 28.2 Å². The van der Waals surface area contributed by atoms with E-state index in [1.54, 1.807) is 36.7 Å². The average molecular weight is 405 g/mol. The number of ether oxygens (including phenoxy) is 1. The Morgan fingerprint density at radius 1 is 1.27 bits per heavy atom. The number of nitrogens with one attached hydrogen (secondary N) is 2. The molecular formula is C20H17N6O4. The molecule has 2 heterocycles. The van der Waals surface area contributed by atoms with Crippen LogP contribution in [-0.4, -0.2) is 38.1 Å². The maximum absolute atomic E-state index is 12.8. The number of hydrogen-bond acceptors (Lipinski definition) is 7. The van der Waals surface area contributed by atoms with Gasteiger partial charge in [0.05, 0.1) is 12.8 Å². The van der Waals surface area contributed by atoms with E-state index >= 15 is 0 Å². The number of methoxy groups -OCH3 is 1. The van der Waals surface area contributed by atoms with E-state index in [0.717, 1.165) is 0 Å². The maximum atomic E-state index is 12.8. The van der Waals surface area contributed by atoms with E-state index < -0.39 is 5.69 Å². The molecule has 4 rings (SSSR count). The van der Waals surface area contributed by atoms with Gasteiger partial charge in [-0.25, -0.2) is 19.3 Å². The second-order valence-electron chi connectivity index (χ2n) is 6.34. The van der Waals surface area contributed by atoms with E-state index in [0.29, 0.717) is 22.6 Å². The Hall–Kier alpha value is -4.18. The summed E-state index contributed by atoms with van der Waals surface area (Å²) in [6.07, 6.45) is 1.56. The topological polar surface area (TPSA) is 148 Å². The highest BCUT2D eigenvalue weighted by Gasteiger charge is 2.19. The van der Waals surface area contributed by atoms with Crippen LogP contribution in [0.4, 0.5) is 5.82 Å². The molecule has 0 atom stereocenters. The highest BCUT2D eigenvalue weighted by molar-refractivity contribution is 5.91. The fraction of sp³-hybridized carbons (Fsp3) is 0.100. The number of hydrogen-bond donors (Lipinski definition) is 4. The summed E-state index contributed by atoms with van der Waals surface area (Å²) in [6, 6.07) is 11.5. The van der Waals surface area contributed by atoms with Gasteiger partial charge >= 0.3 is 12.1 Å². The molecule has 0 unspecified atom stereocenters. The number of aromatic nitrogens is 4. The van der Waals surface area contributed by atoms with Crippen LogP contribution in [0.2, 0.25) is 0 Å². The zero-order valence-corrected chi connectivity index (χ0v) is 15.8. The summed E-state index contributed by atoms with van der Waals surface area (Å²) >= 11 is 0. The number of phenols is 1. The van der Waals surface area contributed by atoms with Crippen molar-refractivity contribution in [3.63, 3.8) is 0 Å². The van der Waals surface area contributed by atoms with Crippen LogP contribution < -0.4 is 21.5 Å². The number of aromatic hydroxyl groups is 1. The van der Waals surface area contributed by atoms with Crippen molar-refractivity contribution in [1.29, 1.82) is 0 Å². The van der Waals surface area contributed by atoms with Crippen LogP contribution in [0.5, 0.6) is 11.5 Å². The second-order valence-corrected chi connectivity index (χ2v) is 6.34. The SMILES string of the molecule is COc1ccc(-n2c(=O)[nH]c3c(N[C]=O)nc(-c4cccc(O)c4)nc32)c(CN)c1. The zero-order chi connectivity index (χ0) is 21.3. The number of nitrogens with two attached hydrogens (primary N) is 1. The van der Waals surface area contributed by atoms with Gasteiger partial charge in [-0.1, -0.05) is 12.1 Å². The number of rotatable bonds is 6. The fourth-order valence-electron chi connectivity index (χ4n) is 3.19. The molecule has 1 amide bonds. The summed E-state index contributed by atoms with van der Waals surface area (Å²) < 4.78 is 6.58. The lowest BCUT2D eigenvalue weighted by Crippen LogP contribution is -2.17. The first-order valence-electron chi connectivity index (χ1n) is 8.88. The number of H-pyrrole nitrogens is 1. The Labute approximate surface area is 170 Å². The van der Waals surface area contributed by atoms with Crippen molar-refractivity contribution >= 4 is 23.4 Å². The molecule has 30 heavy (non-hydrogen) atoms. The lowest BCUT2D eigenvalue weighted by molar-refractivity contribution is 0.414. The van der Waals surface area contributed by atoms with Gasteiger partial charge in [0.15, 0.2) is 17.3 Å². The van der Waals surface area contributed by atoms with Gasteiger partial charge in [0.25, 0.3) is 0 Å². The third kappa shape index (κ3) is 3.25. The van der Waals surface area contributed by atoms with E-state index in [9.17, 15) is 14.7 Å². The van der Waals surface area contributed by atoms with Crippen molar-refractivity contribution in [3.05, 3.63) is 58.5 Å². The number of anilines is 1. The lowest BCUT2D eigenvalue weighted by Gasteiger charge is -2.11.